The average molecular weight is 514 g/mol. The van der Waals surface area contributed by atoms with Gasteiger partial charge in [0.15, 0.2) is 5.69 Å². The molecule has 196 valence electrons. The van der Waals surface area contributed by atoms with E-state index >= 15 is 0 Å². The number of fused-ring (bicyclic) bond motifs is 1. The zero-order chi connectivity index (χ0) is 26.6. The molecular weight excluding hydrogens is 482 g/mol. The molecule has 1 fully saturated rings. The van der Waals surface area contributed by atoms with Gasteiger partial charge in [0.05, 0.1) is 31.2 Å². The van der Waals surface area contributed by atoms with Crippen LogP contribution in [0.3, 0.4) is 0 Å². The van der Waals surface area contributed by atoms with Crippen molar-refractivity contribution < 1.29 is 24.2 Å². The summed E-state index contributed by atoms with van der Waals surface area (Å²) >= 11 is 0. The number of hydrogen-bond donors (Lipinski definition) is 2. The van der Waals surface area contributed by atoms with Crippen LogP contribution in [0.4, 0.5) is 0 Å². The maximum atomic E-state index is 13.5. The number of hydrogen-bond acceptors (Lipinski definition) is 5. The Morgan fingerprint density at radius 1 is 0.947 bits per heavy atom. The summed E-state index contributed by atoms with van der Waals surface area (Å²) in [4.78, 5) is 25.6. The van der Waals surface area contributed by atoms with E-state index in [0.29, 0.717) is 22.8 Å². The van der Waals surface area contributed by atoms with Crippen LogP contribution in [0.2, 0.25) is 0 Å². The van der Waals surface area contributed by atoms with E-state index < -0.39 is 17.9 Å². The zero-order valence-corrected chi connectivity index (χ0v) is 21.5. The first-order valence-electron chi connectivity index (χ1n) is 12.8. The Morgan fingerprint density at radius 2 is 1.61 bits per heavy atom. The highest BCUT2D eigenvalue weighted by Crippen LogP contribution is 2.40. The molecule has 0 bridgehead atoms. The summed E-state index contributed by atoms with van der Waals surface area (Å²) in [7, 11) is 3.15. The maximum Gasteiger partial charge on any atom is 0.326 e. The van der Waals surface area contributed by atoms with Gasteiger partial charge in [-0.25, -0.2) is 9.48 Å². The summed E-state index contributed by atoms with van der Waals surface area (Å²) in [6.07, 6.45) is 4.60. The molecule has 1 saturated carbocycles. The second kappa shape index (κ2) is 11.0. The lowest BCUT2D eigenvalue weighted by molar-refractivity contribution is -0.141. The lowest BCUT2D eigenvalue weighted by Gasteiger charge is -2.27. The quantitative estimate of drug-likeness (QED) is 0.324. The molecule has 1 aromatic heterocycles. The number of carboxylic acid groups (broad SMARTS) is 1. The summed E-state index contributed by atoms with van der Waals surface area (Å²) in [5.41, 5.74) is 2.11. The molecular formula is C30H31N3O5. The number of nitrogens with one attached hydrogen (secondary N) is 1. The van der Waals surface area contributed by atoms with Crippen LogP contribution in [0.25, 0.3) is 27.7 Å². The Labute approximate surface area is 221 Å². The third-order valence-electron chi connectivity index (χ3n) is 7.29. The number of ether oxygens (including phenoxy) is 2. The molecule has 8 nitrogen and oxygen atoms in total. The number of rotatable bonds is 8. The maximum absolute atomic E-state index is 13.5. The van der Waals surface area contributed by atoms with E-state index in [1.165, 1.54) is 0 Å². The van der Waals surface area contributed by atoms with Gasteiger partial charge >= 0.3 is 5.97 Å². The van der Waals surface area contributed by atoms with Gasteiger partial charge in [0.1, 0.15) is 17.5 Å². The first kappa shape index (κ1) is 25.3. The molecule has 1 aliphatic carbocycles. The molecule has 1 aliphatic rings. The van der Waals surface area contributed by atoms with E-state index in [1.54, 1.807) is 25.0 Å². The number of nitrogens with zero attached hydrogens (tertiary/aromatic N) is 2. The van der Waals surface area contributed by atoms with E-state index in [1.807, 2.05) is 60.7 Å². The minimum absolute atomic E-state index is 0.0980. The molecule has 0 radical (unpaired) electrons. The molecule has 0 unspecified atom stereocenters. The highest BCUT2D eigenvalue weighted by molar-refractivity contribution is 5.97. The number of benzene rings is 3. The van der Waals surface area contributed by atoms with Crippen LogP contribution in [0.15, 0.2) is 66.7 Å². The van der Waals surface area contributed by atoms with Crippen molar-refractivity contribution in [1.82, 2.24) is 15.1 Å². The average Bonchev–Trinajstić information content (AvgIpc) is 3.40. The monoisotopic (exact) mass is 513 g/mol. The van der Waals surface area contributed by atoms with Crippen molar-refractivity contribution in [3.05, 3.63) is 72.4 Å². The van der Waals surface area contributed by atoms with Gasteiger partial charge in [-0.3, -0.25) is 4.79 Å². The molecule has 0 spiro atoms. The van der Waals surface area contributed by atoms with Crippen LogP contribution in [-0.4, -0.2) is 47.0 Å². The van der Waals surface area contributed by atoms with E-state index in [-0.39, 0.29) is 11.6 Å². The van der Waals surface area contributed by atoms with Crippen LogP contribution >= 0.6 is 0 Å². The van der Waals surface area contributed by atoms with E-state index in [2.05, 4.69) is 5.32 Å². The first-order valence-corrected chi connectivity index (χ1v) is 12.8. The van der Waals surface area contributed by atoms with Crippen LogP contribution in [-0.2, 0) is 4.79 Å². The van der Waals surface area contributed by atoms with Crippen molar-refractivity contribution in [3.63, 3.8) is 0 Å². The van der Waals surface area contributed by atoms with Gasteiger partial charge in [0.2, 0.25) is 0 Å². The Morgan fingerprint density at radius 3 is 2.29 bits per heavy atom. The summed E-state index contributed by atoms with van der Waals surface area (Å²) in [6.45, 7) is 0. The Kier molecular flexibility index (Phi) is 7.31. The third-order valence-corrected chi connectivity index (χ3v) is 7.29. The number of methoxy groups -OCH3 is 2. The molecule has 1 amide bonds. The third kappa shape index (κ3) is 4.81. The SMILES string of the molecule is COc1cccc(OC)c1-c1cc(C(=O)N[C@H](C(=O)O)C2CCCCC2)nn1-c1cccc2ccccc12. The standard InChI is InChI=1S/C30H31N3O5/c1-37-25-16-9-17-26(38-2)27(25)24-18-22(29(34)31-28(30(35)36)20-11-4-3-5-12-20)32-33(24)23-15-8-13-19-10-6-7-14-21(19)23/h6-10,13-18,20,28H,3-5,11-12H2,1-2H3,(H,31,34)(H,35,36)/t28-/m0/s1. The molecule has 3 aromatic carbocycles. The second-order valence-electron chi connectivity index (χ2n) is 9.55. The van der Waals surface area contributed by atoms with Crippen LogP contribution < -0.4 is 14.8 Å². The highest BCUT2D eigenvalue weighted by Gasteiger charge is 2.32. The van der Waals surface area contributed by atoms with E-state index in [4.69, 9.17) is 14.6 Å². The number of carboxylic acids is 1. The van der Waals surface area contributed by atoms with Crippen LogP contribution in [0.1, 0.15) is 42.6 Å². The lowest BCUT2D eigenvalue weighted by atomic mass is 9.84. The van der Waals surface area contributed by atoms with Gasteiger partial charge in [-0.15, -0.1) is 0 Å². The molecule has 38 heavy (non-hydrogen) atoms. The predicted molar refractivity (Wildman–Crippen MR) is 145 cm³/mol. The lowest BCUT2D eigenvalue weighted by Crippen LogP contribution is -2.46. The van der Waals surface area contributed by atoms with Gasteiger partial charge in [-0.1, -0.05) is 61.7 Å². The zero-order valence-electron chi connectivity index (χ0n) is 21.5. The van der Waals surface area contributed by atoms with Crippen molar-refractivity contribution in [2.75, 3.05) is 14.2 Å². The van der Waals surface area contributed by atoms with Gasteiger partial charge in [0.25, 0.3) is 5.91 Å². The van der Waals surface area contributed by atoms with Crippen molar-refractivity contribution in [2.45, 2.75) is 38.1 Å². The van der Waals surface area contributed by atoms with Crippen LogP contribution in [0, 0.1) is 5.92 Å². The smallest absolute Gasteiger partial charge is 0.326 e. The van der Waals surface area contributed by atoms with Crippen LogP contribution in [0.5, 0.6) is 11.5 Å². The highest BCUT2D eigenvalue weighted by atomic mass is 16.5. The summed E-state index contributed by atoms with van der Waals surface area (Å²) in [6, 6.07) is 20.0. The van der Waals surface area contributed by atoms with E-state index in [0.717, 1.165) is 48.6 Å². The minimum Gasteiger partial charge on any atom is -0.496 e. The molecule has 8 heteroatoms. The Bertz CT molecular complexity index is 1440. The molecule has 1 heterocycles. The minimum atomic E-state index is -1.02. The fourth-order valence-electron chi connectivity index (χ4n) is 5.41. The molecule has 4 aromatic rings. The number of amides is 1. The molecule has 1 atom stereocenters. The summed E-state index contributed by atoms with van der Waals surface area (Å²) < 4.78 is 13.0. The predicted octanol–water partition coefficient (Wildman–Crippen LogP) is 5.47. The molecule has 0 aliphatic heterocycles. The molecule has 5 rings (SSSR count). The summed E-state index contributed by atoms with van der Waals surface area (Å²) in [5.74, 6) is -0.534. The fraction of sp³-hybridized carbons (Fsp3) is 0.300. The fourth-order valence-corrected chi connectivity index (χ4v) is 5.41. The number of carbonyl (C=O) groups excluding carboxylic acids is 1. The van der Waals surface area contributed by atoms with Gasteiger partial charge in [-0.2, -0.15) is 5.10 Å². The van der Waals surface area contributed by atoms with E-state index in [9.17, 15) is 14.7 Å². The Hall–Kier alpha value is -4.33. The van der Waals surface area contributed by atoms with Crippen molar-refractivity contribution in [1.29, 1.82) is 0 Å². The number of carbonyl (C=O) groups is 2. The molecule has 2 N–H and O–H groups in total. The number of aromatic nitrogens is 2. The normalized spacial score (nSPS) is 14.7. The number of aliphatic carboxylic acids is 1. The van der Waals surface area contributed by atoms with Gasteiger partial charge < -0.3 is 19.9 Å². The second-order valence-corrected chi connectivity index (χ2v) is 9.55. The molecule has 0 saturated heterocycles. The Balaban J connectivity index is 1.64. The van der Waals surface area contributed by atoms with Gasteiger partial charge in [0, 0.05) is 5.39 Å². The van der Waals surface area contributed by atoms with Crippen molar-refractivity contribution >= 4 is 22.6 Å². The first-order chi connectivity index (χ1) is 18.5. The van der Waals surface area contributed by atoms with Gasteiger partial charge in [-0.05, 0) is 48.4 Å². The van der Waals surface area contributed by atoms with Crippen molar-refractivity contribution in [2.24, 2.45) is 5.92 Å². The topological polar surface area (TPSA) is 103 Å². The summed E-state index contributed by atoms with van der Waals surface area (Å²) in [5, 5.41) is 19.4. The van der Waals surface area contributed by atoms with Crippen molar-refractivity contribution in [3.8, 4) is 28.4 Å². The largest absolute Gasteiger partial charge is 0.496 e.